The molecule has 6 nitrogen and oxygen atoms in total. The van der Waals surface area contributed by atoms with Crippen molar-refractivity contribution >= 4 is 11.8 Å². The van der Waals surface area contributed by atoms with Gasteiger partial charge in [-0.05, 0) is 49.2 Å². The van der Waals surface area contributed by atoms with Gasteiger partial charge in [-0.1, -0.05) is 29.9 Å². The first-order valence-corrected chi connectivity index (χ1v) is 9.04. The van der Waals surface area contributed by atoms with E-state index >= 15 is 0 Å². The van der Waals surface area contributed by atoms with Crippen LogP contribution in [0, 0.1) is 18.8 Å². The summed E-state index contributed by atoms with van der Waals surface area (Å²) in [4.78, 5) is 22.9. The van der Waals surface area contributed by atoms with Crippen molar-refractivity contribution in [2.45, 2.75) is 33.3 Å². The highest BCUT2D eigenvalue weighted by Crippen LogP contribution is 2.35. The minimum Gasteiger partial charge on any atom is -0.468 e. The third-order valence-electron chi connectivity index (χ3n) is 4.78. The molecule has 28 heavy (non-hydrogen) atoms. The van der Waals surface area contributed by atoms with Crippen LogP contribution in [-0.2, 0) is 4.74 Å². The predicted molar refractivity (Wildman–Crippen MR) is 108 cm³/mol. The number of hydrogen-bond donors (Lipinski definition) is 0. The fourth-order valence-corrected chi connectivity index (χ4v) is 3.33. The molecule has 0 N–H and O–H groups in total. The molecule has 1 aliphatic heterocycles. The highest BCUT2D eigenvalue weighted by atomic mass is 16.6. The molecule has 6 heteroatoms. The van der Waals surface area contributed by atoms with Crippen LogP contribution in [0.2, 0.25) is 0 Å². The maximum Gasteiger partial charge on any atom is 0.291 e. The van der Waals surface area contributed by atoms with E-state index in [0.717, 1.165) is 16.7 Å². The lowest BCUT2D eigenvalue weighted by Gasteiger charge is -2.13. The van der Waals surface area contributed by atoms with Gasteiger partial charge in [0, 0.05) is 12.0 Å². The Hall–Kier alpha value is -2.99. The summed E-state index contributed by atoms with van der Waals surface area (Å²) in [5.41, 5.74) is 4.52. The van der Waals surface area contributed by atoms with Crippen LogP contribution in [0.25, 0.3) is 6.08 Å². The zero-order chi connectivity index (χ0) is 20.3. The molecular formula is C22H23NO5. The molecule has 2 heterocycles. The lowest BCUT2D eigenvalue weighted by Crippen LogP contribution is -2.15. The molecule has 0 amide bonds. The molecule has 3 rings (SSSR count). The van der Waals surface area contributed by atoms with E-state index in [1.165, 1.54) is 7.11 Å². The van der Waals surface area contributed by atoms with Gasteiger partial charge in [-0.15, -0.1) is 4.91 Å². The number of allylic oxidation sites excluding steroid dienone is 2. The van der Waals surface area contributed by atoms with Crippen molar-refractivity contribution in [3.63, 3.8) is 0 Å². The number of rotatable bonds is 5. The normalized spacial score (nSPS) is 18.5. The summed E-state index contributed by atoms with van der Waals surface area (Å²) in [6.07, 6.45) is 4.44. The Labute approximate surface area is 163 Å². The first kappa shape index (κ1) is 19.8. The molecule has 0 aliphatic carbocycles. The Morgan fingerprint density at radius 3 is 2.57 bits per heavy atom. The Balaban J connectivity index is 1.79. The number of hydrogen-bond acceptors (Lipinski definition) is 6. The third kappa shape index (κ3) is 4.12. The summed E-state index contributed by atoms with van der Waals surface area (Å²) in [5.74, 6) is 0.755. The van der Waals surface area contributed by atoms with Crippen LogP contribution in [0.5, 0.6) is 5.95 Å². The van der Waals surface area contributed by atoms with Crippen LogP contribution in [0.3, 0.4) is 0 Å². The van der Waals surface area contributed by atoms with Gasteiger partial charge in [0.1, 0.15) is 17.6 Å². The van der Waals surface area contributed by atoms with Crippen molar-refractivity contribution in [3.05, 3.63) is 79.1 Å². The molecule has 1 atom stereocenters. The second kappa shape index (κ2) is 8.35. The number of methoxy groups -OCH3 is 1. The van der Waals surface area contributed by atoms with E-state index in [0.29, 0.717) is 35.6 Å². The van der Waals surface area contributed by atoms with Gasteiger partial charge < -0.3 is 13.9 Å². The number of nitrogens with zero attached hydrogens (tertiary/aromatic N) is 1. The Morgan fingerprint density at radius 2 is 1.93 bits per heavy atom. The van der Waals surface area contributed by atoms with Crippen LogP contribution in [-0.4, -0.2) is 13.7 Å². The molecule has 1 aliphatic rings. The zero-order valence-electron chi connectivity index (χ0n) is 16.4. The van der Waals surface area contributed by atoms with E-state index in [9.17, 15) is 9.70 Å². The van der Waals surface area contributed by atoms with Crippen molar-refractivity contribution in [1.82, 2.24) is 0 Å². The third-order valence-corrected chi connectivity index (χ3v) is 4.78. The van der Waals surface area contributed by atoms with Gasteiger partial charge in [-0.3, -0.25) is 4.79 Å². The minimum atomic E-state index is -0.306. The molecule has 0 saturated carbocycles. The second-order valence-corrected chi connectivity index (χ2v) is 6.91. The quantitative estimate of drug-likeness (QED) is 0.669. The minimum absolute atomic E-state index is 0.0801. The summed E-state index contributed by atoms with van der Waals surface area (Å²) < 4.78 is 16.9. The summed E-state index contributed by atoms with van der Waals surface area (Å²) in [5, 5.41) is 2.90. The van der Waals surface area contributed by atoms with E-state index in [1.807, 2.05) is 25.1 Å². The van der Waals surface area contributed by atoms with Crippen molar-refractivity contribution in [3.8, 4) is 5.95 Å². The van der Waals surface area contributed by atoms with Crippen LogP contribution in [0.1, 0.15) is 41.9 Å². The SMILES string of the molecule is COc1oc(C2C/C(=C/C(C)=C\c3ccc(N=O)cc3)CO2)c(C)c(=O)c1C. The molecule has 1 aromatic carbocycles. The number of ether oxygens (including phenoxy) is 2. The summed E-state index contributed by atoms with van der Waals surface area (Å²) in [6.45, 7) is 5.92. The van der Waals surface area contributed by atoms with Gasteiger partial charge in [0.2, 0.25) is 0 Å². The molecule has 0 bridgehead atoms. The van der Waals surface area contributed by atoms with Gasteiger partial charge in [-0.25, -0.2) is 0 Å². The number of benzene rings is 1. The van der Waals surface area contributed by atoms with E-state index in [4.69, 9.17) is 13.9 Å². The van der Waals surface area contributed by atoms with E-state index in [2.05, 4.69) is 11.3 Å². The molecule has 0 spiro atoms. The Kier molecular flexibility index (Phi) is 5.90. The van der Waals surface area contributed by atoms with E-state index in [1.54, 1.807) is 26.0 Å². The van der Waals surface area contributed by atoms with Crippen LogP contribution in [0.15, 0.2) is 55.9 Å². The second-order valence-electron chi connectivity index (χ2n) is 6.91. The molecule has 0 radical (unpaired) electrons. The summed E-state index contributed by atoms with van der Waals surface area (Å²) >= 11 is 0. The molecule has 146 valence electrons. The molecule has 1 aromatic heterocycles. The van der Waals surface area contributed by atoms with Crippen LogP contribution >= 0.6 is 0 Å². The van der Waals surface area contributed by atoms with Crippen molar-refractivity contribution < 1.29 is 13.9 Å². The first-order chi connectivity index (χ1) is 13.4. The monoisotopic (exact) mass is 381 g/mol. The topological polar surface area (TPSA) is 78.1 Å². The fourth-order valence-electron chi connectivity index (χ4n) is 3.33. The van der Waals surface area contributed by atoms with Gasteiger partial charge in [0.05, 0.1) is 19.3 Å². The lowest BCUT2D eigenvalue weighted by atomic mass is 10.0. The van der Waals surface area contributed by atoms with Crippen molar-refractivity contribution in [1.29, 1.82) is 0 Å². The lowest BCUT2D eigenvalue weighted by molar-refractivity contribution is 0.0880. The maximum absolute atomic E-state index is 12.4. The van der Waals surface area contributed by atoms with E-state index in [-0.39, 0.29) is 17.5 Å². The van der Waals surface area contributed by atoms with Crippen LogP contribution < -0.4 is 10.2 Å². The average Bonchev–Trinajstić information content (AvgIpc) is 3.15. The van der Waals surface area contributed by atoms with Crippen molar-refractivity contribution in [2.24, 2.45) is 5.18 Å². The highest BCUT2D eigenvalue weighted by Gasteiger charge is 2.28. The highest BCUT2D eigenvalue weighted by molar-refractivity contribution is 5.58. The van der Waals surface area contributed by atoms with Crippen molar-refractivity contribution in [2.75, 3.05) is 13.7 Å². The number of nitroso groups, excluding NO2 is 1. The van der Waals surface area contributed by atoms with Gasteiger partial charge >= 0.3 is 0 Å². The van der Waals surface area contributed by atoms with Crippen LogP contribution in [0.4, 0.5) is 5.69 Å². The van der Waals surface area contributed by atoms with Gasteiger partial charge in [0.25, 0.3) is 5.95 Å². The van der Waals surface area contributed by atoms with E-state index < -0.39 is 0 Å². The standard InChI is InChI=1S/C22H23NO5/c1-13(9-16-5-7-18(23-25)8-6-16)10-17-11-19(27-12-17)21-14(2)20(24)15(3)22(26-4)28-21/h5-10,19H,11-12H2,1-4H3/b13-9-,17-10-. The molecular weight excluding hydrogens is 358 g/mol. The van der Waals surface area contributed by atoms with Gasteiger partial charge in [0.15, 0.2) is 5.43 Å². The first-order valence-electron chi connectivity index (χ1n) is 9.04. The summed E-state index contributed by atoms with van der Waals surface area (Å²) in [6, 6.07) is 7.07. The smallest absolute Gasteiger partial charge is 0.291 e. The molecule has 1 saturated heterocycles. The largest absolute Gasteiger partial charge is 0.468 e. The Morgan fingerprint density at radius 1 is 1.21 bits per heavy atom. The average molecular weight is 381 g/mol. The van der Waals surface area contributed by atoms with Gasteiger partial charge in [-0.2, -0.15) is 0 Å². The zero-order valence-corrected chi connectivity index (χ0v) is 16.4. The maximum atomic E-state index is 12.4. The predicted octanol–water partition coefficient (Wildman–Crippen LogP) is 5.15. The molecule has 1 fully saturated rings. The summed E-state index contributed by atoms with van der Waals surface area (Å²) in [7, 11) is 1.48. The fraction of sp³-hybridized carbons (Fsp3) is 0.318. The molecule has 1 unspecified atom stereocenters. The Bertz CT molecular complexity index is 999. The molecule has 2 aromatic rings.